The summed E-state index contributed by atoms with van der Waals surface area (Å²) in [6.07, 6.45) is 0. The van der Waals surface area contributed by atoms with E-state index in [9.17, 15) is 0 Å². The molecule has 0 aliphatic carbocycles. The summed E-state index contributed by atoms with van der Waals surface area (Å²) in [6.45, 7) is 4.63. The van der Waals surface area contributed by atoms with Gasteiger partial charge in [0.25, 0.3) is 0 Å². The third-order valence-electron chi connectivity index (χ3n) is 10.7. The SMILES string of the molecule is CC(C)c1c2ccccc2cc2c1ccc1c2c2ccccc2n1-c1ccc(-c2c3ccccc3c(-c3ccccc3)c3ccccc23)cc1. The molecule has 0 atom stereocenters. The van der Waals surface area contributed by atoms with Gasteiger partial charge in [-0.2, -0.15) is 0 Å². The van der Waals surface area contributed by atoms with Gasteiger partial charge in [-0.1, -0.05) is 153 Å². The van der Waals surface area contributed by atoms with Gasteiger partial charge >= 0.3 is 0 Å². The summed E-state index contributed by atoms with van der Waals surface area (Å²) in [7, 11) is 0. The van der Waals surface area contributed by atoms with Crippen molar-refractivity contribution in [2.45, 2.75) is 19.8 Å². The first-order chi connectivity index (χ1) is 24.7. The Labute approximate surface area is 291 Å². The van der Waals surface area contributed by atoms with Crippen LogP contribution in [0.15, 0.2) is 170 Å². The van der Waals surface area contributed by atoms with Gasteiger partial charge in [-0.3, -0.25) is 0 Å². The van der Waals surface area contributed by atoms with Crippen LogP contribution in [0.25, 0.3) is 92.8 Å². The lowest BCUT2D eigenvalue weighted by atomic mass is 9.86. The van der Waals surface area contributed by atoms with Crippen molar-refractivity contribution in [1.82, 2.24) is 4.57 Å². The molecule has 1 heterocycles. The molecule has 1 heteroatoms. The Morgan fingerprint density at radius 3 is 1.52 bits per heavy atom. The molecule has 10 aromatic rings. The average molecular weight is 638 g/mol. The van der Waals surface area contributed by atoms with Gasteiger partial charge < -0.3 is 4.57 Å². The summed E-state index contributed by atoms with van der Waals surface area (Å²) >= 11 is 0. The molecular weight excluding hydrogens is 603 g/mol. The van der Waals surface area contributed by atoms with E-state index in [2.05, 4.69) is 188 Å². The van der Waals surface area contributed by atoms with Gasteiger partial charge in [0.1, 0.15) is 0 Å². The van der Waals surface area contributed by atoms with Crippen molar-refractivity contribution in [3.05, 3.63) is 175 Å². The molecule has 0 N–H and O–H groups in total. The van der Waals surface area contributed by atoms with Crippen LogP contribution < -0.4 is 0 Å². The van der Waals surface area contributed by atoms with E-state index in [0.29, 0.717) is 5.92 Å². The molecule has 0 amide bonds. The lowest BCUT2D eigenvalue weighted by Crippen LogP contribution is -1.95. The fourth-order valence-corrected chi connectivity index (χ4v) is 8.67. The Kier molecular flexibility index (Phi) is 6.44. The van der Waals surface area contributed by atoms with Crippen LogP contribution in [0.4, 0.5) is 0 Å². The van der Waals surface area contributed by atoms with Crippen LogP contribution in [0.2, 0.25) is 0 Å². The lowest BCUT2D eigenvalue weighted by molar-refractivity contribution is 0.885. The number of hydrogen-bond donors (Lipinski definition) is 0. The Morgan fingerprint density at radius 2 is 0.900 bits per heavy atom. The number of rotatable bonds is 4. The molecule has 1 nitrogen and oxygen atoms in total. The molecule has 0 spiro atoms. The molecular formula is C49H35N. The third-order valence-corrected chi connectivity index (χ3v) is 10.7. The minimum Gasteiger partial charge on any atom is -0.309 e. The first-order valence-corrected chi connectivity index (χ1v) is 17.6. The molecule has 0 saturated carbocycles. The smallest absolute Gasteiger partial charge is 0.0547 e. The van der Waals surface area contributed by atoms with Crippen LogP contribution in [0, 0.1) is 0 Å². The normalized spacial score (nSPS) is 12.0. The topological polar surface area (TPSA) is 4.93 Å². The second-order valence-corrected chi connectivity index (χ2v) is 13.8. The van der Waals surface area contributed by atoms with Crippen molar-refractivity contribution < 1.29 is 0 Å². The van der Waals surface area contributed by atoms with Gasteiger partial charge in [0.15, 0.2) is 0 Å². The first kappa shape index (κ1) is 28.8. The van der Waals surface area contributed by atoms with Crippen molar-refractivity contribution in [3.8, 4) is 27.9 Å². The largest absolute Gasteiger partial charge is 0.309 e. The molecule has 0 bridgehead atoms. The van der Waals surface area contributed by atoms with E-state index in [1.807, 2.05) is 0 Å². The summed E-state index contributed by atoms with van der Waals surface area (Å²) in [5.74, 6) is 0.413. The number of fused-ring (bicyclic) bond motifs is 8. The molecule has 50 heavy (non-hydrogen) atoms. The van der Waals surface area contributed by atoms with E-state index < -0.39 is 0 Å². The number of nitrogens with zero attached hydrogens (tertiary/aromatic N) is 1. The molecule has 0 aliphatic rings. The van der Waals surface area contributed by atoms with Crippen molar-refractivity contribution in [2.75, 3.05) is 0 Å². The fraction of sp³-hybridized carbons (Fsp3) is 0.0612. The van der Waals surface area contributed by atoms with E-state index in [1.165, 1.54) is 98.4 Å². The summed E-state index contributed by atoms with van der Waals surface area (Å²) < 4.78 is 2.45. The predicted octanol–water partition coefficient (Wildman–Crippen LogP) is 13.9. The highest BCUT2D eigenvalue weighted by molar-refractivity contribution is 6.24. The van der Waals surface area contributed by atoms with Gasteiger partial charge in [-0.05, 0) is 107 Å². The number of benzene rings is 9. The van der Waals surface area contributed by atoms with Crippen LogP contribution in [0.3, 0.4) is 0 Å². The zero-order chi connectivity index (χ0) is 33.3. The first-order valence-electron chi connectivity index (χ1n) is 17.6. The molecule has 1 aromatic heterocycles. The van der Waals surface area contributed by atoms with E-state index in [1.54, 1.807) is 0 Å². The molecule has 10 rings (SSSR count). The van der Waals surface area contributed by atoms with Gasteiger partial charge in [0.2, 0.25) is 0 Å². The van der Waals surface area contributed by atoms with Gasteiger partial charge in [-0.25, -0.2) is 0 Å². The van der Waals surface area contributed by atoms with Crippen molar-refractivity contribution in [3.63, 3.8) is 0 Å². The van der Waals surface area contributed by atoms with Crippen molar-refractivity contribution in [1.29, 1.82) is 0 Å². The minimum atomic E-state index is 0.413. The minimum absolute atomic E-state index is 0.413. The molecule has 0 saturated heterocycles. The summed E-state index contributed by atoms with van der Waals surface area (Å²) in [5, 5.41) is 13.0. The van der Waals surface area contributed by atoms with Gasteiger partial charge in [0, 0.05) is 16.5 Å². The fourth-order valence-electron chi connectivity index (χ4n) is 8.67. The standard InChI is InChI=1S/C49H35N/c1-31(2)46-36-17-7-6-16-34(36)30-43-41(46)28-29-45-49(43)42-22-12-13-23-44(42)50(45)35-26-24-33(25-27-35)48-39-20-10-8-18-37(39)47(32-14-4-3-5-15-32)38-19-9-11-21-40(38)48/h3-31H,1-2H3. The third kappa shape index (κ3) is 4.20. The lowest BCUT2D eigenvalue weighted by Gasteiger charge is -2.18. The highest BCUT2D eigenvalue weighted by atomic mass is 15.0. The molecule has 236 valence electrons. The zero-order valence-corrected chi connectivity index (χ0v) is 28.2. The Balaban J connectivity index is 1.21. The Morgan fingerprint density at radius 1 is 0.380 bits per heavy atom. The number of hydrogen-bond acceptors (Lipinski definition) is 0. The second kappa shape index (κ2) is 11.2. The average Bonchev–Trinajstić information content (AvgIpc) is 3.51. The predicted molar refractivity (Wildman–Crippen MR) is 216 cm³/mol. The van der Waals surface area contributed by atoms with Crippen LogP contribution in [0.5, 0.6) is 0 Å². The number of aromatic nitrogens is 1. The molecule has 0 unspecified atom stereocenters. The second-order valence-electron chi connectivity index (χ2n) is 13.8. The Bertz CT molecular complexity index is 2870. The van der Waals surface area contributed by atoms with E-state index in [0.717, 1.165) is 0 Å². The van der Waals surface area contributed by atoms with Crippen LogP contribution in [0.1, 0.15) is 25.3 Å². The van der Waals surface area contributed by atoms with Crippen LogP contribution in [-0.4, -0.2) is 4.57 Å². The Hall–Kier alpha value is -6.18. The zero-order valence-electron chi connectivity index (χ0n) is 28.2. The quantitative estimate of drug-likeness (QED) is 0.169. The van der Waals surface area contributed by atoms with Crippen LogP contribution >= 0.6 is 0 Å². The van der Waals surface area contributed by atoms with E-state index in [-0.39, 0.29) is 0 Å². The van der Waals surface area contributed by atoms with Crippen molar-refractivity contribution in [2.24, 2.45) is 0 Å². The van der Waals surface area contributed by atoms with Crippen LogP contribution in [-0.2, 0) is 0 Å². The molecule has 0 aliphatic heterocycles. The van der Waals surface area contributed by atoms with Gasteiger partial charge in [0.05, 0.1) is 11.0 Å². The highest BCUT2D eigenvalue weighted by Crippen LogP contribution is 2.45. The van der Waals surface area contributed by atoms with E-state index >= 15 is 0 Å². The summed E-state index contributed by atoms with van der Waals surface area (Å²) in [6, 6.07) is 62.7. The maximum absolute atomic E-state index is 2.45. The highest BCUT2D eigenvalue weighted by Gasteiger charge is 2.20. The molecule has 9 aromatic carbocycles. The van der Waals surface area contributed by atoms with E-state index in [4.69, 9.17) is 0 Å². The maximum Gasteiger partial charge on any atom is 0.0547 e. The monoisotopic (exact) mass is 637 g/mol. The van der Waals surface area contributed by atoms with Crippen molar-refractivity contribution >= 4 is 64.9 Å². The summed E-state index contributed by atoms with van der Waals surface area (Å²) in [4.78, 5) is 0. The molecule has 0 radical (unpaired) electrons. The maximum atomic E-state index is 2.45. The molecule has 0 fully saturated rings. The van der Waals surface area contributed by atoms with Gasteiger partial charge in [-0.15, -0.1) is 0 Å². The number of para-hydroxylation sites is 1. The summed E-state index contributed by atoms with van der Waals surface area (Å²) in [5.41, 5.74) is 10.1.